The van der Waals surface area contributed by atoms with Gasteiger partial charge in [0.2, 0.25) is 5.71 Å². The Bertz CT molecular complexity index is 2740. The van der Waals surface area contributed by atoms with Crippen LogP contribution in [-0.2, 0) is 32.9 Å². The second-order valence-corrected chi connectivity index (χ2v) is 20.1. The van der Waals surface area contributed by atoms with E-state index in [1.54, 1.807) is 6.07 Å². The summed E-state index contributed by atoms with van der Waals surface area (Å²) in [6, 6.07) is 34.4. The average molecular weight is 924 g/mol. The minimum atomic E-state index is -2.55. The maximum absolute atomic E-state index is 9.82. The predicted octanol–water partition coefficient (Wildman–Crippen LogP) is 11.7. The first kappa shape index (κ1) is 31.5. The molecular formula is C48H48IrN4OSi-2. The fraction of sp³-hybridized carbons (Fsp3) is 0.292. The van der Waals surface area contributed by atoms with E-state index < -0.39 is 27.7 Å². The van der Waals surface area contributed by atoms with E-state index in [0.717, 1.165) is 53.3 Å². The quantitative estimate of drug-likeness (QED) is 0.112. The van der Waals surface area contributed by atoms with Crippen LogP contribution in [0.2, 0.25) is 19.6 Å². The van der Waals surface area contributed by atoms with Gasteiger partial charge in [-0.05, 0) is 76.7 Å². The molecule has 3 aromatic carbocycles. The maximum atomic E-state index is 9.82. The van der Waals surface area contributed by atoms with E-state index in [0.29, 0.717) is 38.9 Å². The van der Waals surface area contributed by atoms with Gasteiger partial charge in [-0.2, -0.15) is 0 Å². The standard InChI is InChI=1S/C30H24N3O.C18H24NSi.Ir/c1-19-15-27(32-18-23(19)16-20-7-5-6-8-20)24-12-11-22(17-31)28-25-13-14-26(21-9-3-2-4-10-21)33-30(25)34-29(24)28;1-14(2)11-16-12-17(15-9-7-6-8-10-15)19-13-18(16)20(3,4)5;/h2-4,9-11,13-15,18,20H,5-8,16H2,1H3;6-9,12-14H,11H2,1-5H3;/q2*-1;/i1D3,16D2;11D2;. The number of pyridine rings is 3. The zero-order valence-corrected chi connectivity index (χ0v) is 35.1. The number of nitrogens with zero attached hydrogens (tertiary/aromatic N) is 4. The number of benzene rings is 3. The average Bonchev–Trinajstić information content (AvgIpc) is 3.93. The van der Waals surface area contributed by atoms with E-state index >= 15 is 0 Å². The van der Waals surface area contributed by atoms with Gasteiger partial charge in [-0.1, -0.05) is 118 Å². The van der Waals surface area contributed by atoms with Crippen LogP contribution in [0, 0.1) is 42.2 Å². The molecule has 1 aliphatic carbocycles. The van der Waals surface area contributed by atoms with Crippen molar-refractivity contribution in [3.8, 4) is 39.8 Å². The molecule has 1 radical (unpaired) electrons. The normalized spacial score (nSPS) is 15.7. The second-order valence-electron chi connectivity index (χ2n) is 15.1. The Hall–Kier alpha value is -4.73. The third kappa shape index (κ3) is 9.05. The summed E-state index contributed by atoms with van der Waals surface area (Å²) in [7, 11) is -1.67. The molecule has 55 heavy (non-hydrogen) atoms. The molecule has 0 atom stereocenters. The van der Waals surface area contributed by atoms with Crippen molar-refractivity contribution in [1.29, 1.82) is 5.26 Å². The van der Waals surface area contributed by atoms with Gasteiger partial charge in [0.15, 0.2) is 0 Å². The Morgan fingerprint density at radius 2 is 1.69 bits per heavy atom. The second kappa shape index (κ2) is 17.4. The van der Waals surface area contributed by atoms with Crippen LogP contribution in [0.15, 0.2) is 102 Å². The number of aromatic nitrogens is 3. The van der Waals surface area contributed by atoms with Gasteiger partial charge in [0.05, 0.1) is 19.4 Å². The topological polar surface area (TPSA) is 75.6 Å². The molecule has 5 nitrogen and oxygen atoms in total. The molecule has 0 unspecified atom stereocenters. The van der Waals surface area contributed by atoms with Gasteiger partial charge in [0.25, 0.3) is 0 Å². The van der Waals surface area contributed by atoms with Crippen LogP contribution < -0.4 is 5.19 Å². The number of nitriles is 1. The van der Waals surface area contributed by atoms with Crippen LogP contribution >= 0.6 is 0 Å². The molecule has 0 N–H and O–H groups in total. The van der Waals surface area contributed by atoms with Gasteiger partial charge in [-0.25, -0.2) is 10.2 Å². The smallest absolute Gasteiger partial charge is 0.216 e. The van der Waals surface area contributed by atoms with Crippen molar-refractivity contribution in [1.82, 2.24) is 15.0 Å². The minimum Gasteiger partial charge on any atom is -0.486 e. The van der Waals surface area contributed by atoms with Crippen LogP contribution in [0.1, 0.15) is 71.4 Å². The molecule has 7 heteroatoms. The molecule has 0 aliphatic heterocycles. The Labute approximate surface area is 350 Å². The van der Waals surface area contributed by atoms with Crippen LogP contribution in [0.3, 0.4) is 0 Å². The zero-order valence-electron chi connectivity index (χ0n) is 38.8. The van der Waals surface area contributed by atoms with E-state index in [-0.39, 0.29) is 48.8 Å². The molecule has 4 heterocycles. The number of hydrogen-bond acceptors (Lipinski definition) is 5. The predicted molar refractivity (Wildman–Crippen MR) is 224 cm³/mol. The van der Waals surface area contributed by atoms with Crippen LogP contribution in [-0.4, -0.2) is 23.0 Å². The molecule has 1 aliphatic rings. The molecule has 7 aromatic rings. The first-order valence-electron chi connectivity index (χ1n) is 22.0. The van der Waals surface area contributed by atoms with E-state index in [1.807, 2.05) is 92.8 Å². The Morgan fingerprint density at radius 1 is 0.927 bits per heavy atom. The van der Waals surface area contributed by atoms with E-state index in [9.17, 15) is 5.26 Å². The molecule has 0 amide bonds. The monoisotopic (exact) mass is 924 g/mol. The third-order valence-corrected chi connectivity index (χ3v) is 11.6. The number of furan rings is 1. The molecule has 0 saturated heterocycles. The van der Waals surface area contributed by atoms with Crippen LogP contribution in [0.5, 0.6) is 0 Å². The molecule has 0 bridgehead atoms. The largest absolute Gasteiger partial charge is 0.486 e. The van der Waals surface area contributed by atoms with Crippen molar-refractivity contribution in [3.05, 3.63) is 132 Å². The molecule has 0 spiro atoms. The third-order valence-electron chi connectivity index (χ3n) is 9.62. The number of fused-ring (bicyclic) bond motifs is 3. The fourth-order valence-electron chi connectivity index (χ4n) is 6.93. The fourth-order valence-corrected chi connectivity index (χ4v) is 8.34. The van der Waals surface area contributed by atoms with E-state index in [1.165, 1.54) is 12.3 Å². The summed E-state index contributed by atoms with van der Waals surface area (Å²) in [5.74, 6) is -0.336. The number of aryl methyl sites for hydroxylation is 1. The summed E-state index contributed by atoms with van der Waals surface area (Å²) in [6.45, 7) is 8.02. The molecule has 8 rings (SSSR count). The molecule has 1 fully saturated rings. The number of hydrogen-bond donors (Lipinski definition) is 0. The number of rotatable bonds is 8. The minimum absolute atomic E-state index is 0. The van der Waals surface area contributed by atoms with Crippen molar-refractivity contribution in [2.75, 3.05) is 0 Å². The van der Waals surface area contributed by atoms with Gasteiger partial charge in [-0.3, -0.25) is 0 Å². The van der Waals surface area contributed by atoms with Crippen LogP contribution in [0.25, 0.3) is 55.8 Å². The van der Waals surface area contributed by atoms with Gasteiger partial charge in [0, 0.05) is 59.1 Å². The Kier molecular flexibility index (Phi) is 9.94. The molecule has 1 saturated carbocycles. The summed E-state index contributed by atoms with van der Waals surface area (Å²) in [4.78, 5) is 13.8. The Morgan fingerprint density at radius 3 is 2.38 bits per heavy atom. The van der Waals surface area contributed by atoms with E-state index in [4.69, 9.17) is 19.0 Å². The summed E-state index contributed by atoms with van der Waals surface area (Å²) in [5.41, 5.74) is 5.86. The maximum Gasteiger partial charge on any atom is 0.216 e. The van der Waals surface area contributed by atoms with Gasteiger partial charge in [-0.15, -0.1) is 48.0 Å². The zero-order chi connectivity index (χ0) is 43.9. The van der Waals surface area contributed by atoms with Crippen LogP contribution in [0.4, 0.5) is 0 Å². The molecular weight excluding hydrogens is 869 g/mol. The molecule has 4 aromatic heterocycles. The van der Waals surface area contributed by atoms with Crippen molar-refractivity contribution >= 4 is 35.3 Å². The van der Waals surface area contributed by atoms with Gasteiger partial charge in [0.1, 0.15) is 0 Å². The van der Waals surface area contributed by atoms with Gasteiger partial charge >= 0.3 is 0 Å². The summed E-state index contributed by atoms with van der Waals surface area (Å²) in [5, 5.41) is 12.1. The summed E-state index contributed by atoms with van der Waals surface area (Å²) in [6.07, 6.45) is 3.37. The van der Waals surface area contributed by atoms with Gasteiger partial charge < -0.3 is 14.4 Å². The Balaban J connectivity index is 0.000000238. The first-order valence-corrected chi connectivity index (χ1v) is 22.0. The van der Waals surface area contributed by atoms with Crippen molar-refractivity contribution in [2.24, 2.45) is 11.8 Å². The SMILES string of the molecule is [2H]C([2H])([2H])c1cc(-c2[c-]cc(C#N)c3c2oc2nc(-c4ccccc4)ccc23)ncc1C([2H])([2H])C1CCCC1.[2H]C([2H])(c1cc(-c2[c-]cccc2)ncc1[Si](C)(C)C)C(C)C.[Ir]. The van der Waals surface area contributed by atoms with E-state index in [2.05, 4.69) is 47.8 Å². The van der Waals surface area contributed by atoms with Crippen molar-refractivity contribution < 1.29 is 34.1 Å². The van der Waals surface area contributed by atoms with Crippen molar-refractivity contribution in [2.45, 2.75) is 78.8 Å². The molecule has 281 valence electrons. The first-order chi connectivity index (χ1) is 28.8. The summed E-state index contributed by atoms with van der Waals surface area (Å²) < 4.78 is 65.5. The summed E-state index contributed by atoms with van der Waals surface area (Å²) >= 11 is 0. The van der Waals surface area contributed by atoms with Crippen molar-refractivity contribution in [3.63, 3.8) is 0 Å².